The van der Waals surface area contributed by atoms with Gasteiger partial charge in [0.2, 0.25) is 0 Å². The Kier molecular flexibility index (Phi) is 2.13. The van der Waals surface area contributed by atoms with E-state index >= 15 is 0 Å². The molecule has 0 aromatic heterocycles. The van der Waals surface area contributed by atoms with Crippen LogP contribution in [0.15, 0.2) is 0 Å². The van der Waals surface area contributed by atoms with Crippen molar-refractivity contribution in [2.45, 2.75) is 6.04 Å². The molecule has 5 amide bonds. The summed E-state index contributed by atoms with van der Waals surface area (Å²) in [6, 6.07) is -2.14. The molecule has 1 atom stereocenters. The highest BCUT2D eigenvalue weighted by molar-refractivity contribution is 6.00. The van der Waals surface area contributed by atoms with Crippen LogP contribution in [0, 0.1) is 0 Å². The maximum atomic E-state index is 10.9. The van der Waals surface area contributed by atoms with Gasteiger partial charge in [0.15, 0.2) is 0 Å². The van der Waals surface area contributed by atoms with Crippen molar-refractivity contribution in [3.63, 3.8) is 0 Å². The van der Waals surface area contributed by atoms with Gasteiger partial charge in [-0.2, -0.15) is 0 Å². The smallest absolute Gasteiger partial charge is 0.321 e. The summed E-state index contributed by atoms with van der Waals surface area (Å²) in [4.78, 5) is 31.7. The van der Waals surface area contributed by atoms with Crippen molar-refractivity contribution in [3.8, 4) is 0 Å². The zero-order chi connectivity index (χ0) is 9.14. The van der Waals surface area contributed by atoms with Gasteiger partial charge < -0.3 is 16.4 Å². The third kappa shape index (κ3) is 1.84. The van der Waals surface area contributed by atoms with Gasteiger partial charge in [-0.3, -0.25) is 10.1 Å². The summed E-state index contributed by atoms with van der Waals surface area (Å²) in [6.45, 7) is 0.0631. The van der Waals surface area contributed by atoms with E-state index in [1.165, 1.54) is 0 Å². The van der Waals surface area contributed by atoms with Crippen LogP contribution in [0.4, 0.5) is 9.59 Å². The summed E-state index contributed by atoms with van der Waals surface area (Å²) in [5.41, 5.74) is 4.78. The Morgan fingerprint density at radius 3 is 2.75 bits per heavy atom. The van der Waals surface area contributed by atoms with E-state index in [1.807, 2.05) is 5.32 Å². The second kappa shape index (κ2) is 3.07. The lowest BCUT2D eigenvalue weighted by molar-refractivity contribution is -0.122. The monoisotopic (exact) mass is 172 g/mol. The molecule has 66 valence electrons. The molecule has 1 heterocycles. The quantitative estimate of drug-likeness (QED) is 0.362. The Hall–Kier alpha value is -1.79. The standard InChI is InChI=1S/C5H8N4O3/c6-4(11)8-2-1-7-5(12)9-3(2)10/h2H,1H2,(H3,6,8,11)(H2,7,9,10,12). The first-order chi connectivity index (χ1) is 5.59. The van der Waals surface area contributed by atoms with Gasteiger partial charge in [0.25, 0.3) is 5.91 Å². The SMILES string of the molecule is NC(=O)NC1CNC(=O)NC1=O. The van der Waals surface area contributed by atoms with Crippen LogP contribution in [0.25, 0.3) is 0 Å². The number of amides is 5. The fourth-order valence-corrected chi connectivity index (χ4v) is 0.819. The average Bonchev–Trinajstić information content (AvgIpc) is 1.94. The van der Waals surface area contributed by atoms with Gasteiger partial charge in [0, 0.05) is 6.54 Å². The van der Waals surface area contributed by atoms with Gasteiger partial charge in [-0.25, -0.2) is 9.59 Å². The molecule has 0 bridgehead atoms. The first-order valence-electron chi connectivity index (χ1n) is 3.24. The molecule has 7 heteroatoms. The Balaban J connectivity index is 2.51. The summed E-state index contributed by atoms with van der Waals surface area (Å²) in [7, 11) is 0. The first kappa shape index (κ1) is 8.31. The maximum absolute atomic E-state index is 10.9. The third-order valence-corrected chi connectivity index (χ3v) is 1.34. The summed E-state index contributed by atoms with van der Waals surface area (Å²) in [6.07, 6.45) is 0. The van der Waals surface area contributed by atoms with Crippen LogP contribution in [0.5, 0.6) is 0 Å². The maximum Gasteiger partial charge on any atom is 0.321 e. The van der Waals surface area contributed by atoms with E-state index in [2.05, 4.69) is 10.6 Å². The summed E-state index contributed by atoms with van der Waals surface area (Å²) >= 11 is 0. The van der Waals surface area contributed by atoms with Gasteiger partial charge in [-0.05, 0) is 0 Å². The van der Waals surface area contributed by atoms with Gasteiger partial charge in [-0.1, -0.05) is 0 Å². The van der Waals surface area contributed by atoms with Gasteiger partial charge in [-0.15, -0.1) is 0 Å². The zero-order valence-corrected chi connectivity index (χ0v) is 6.09. The van der Waals surface area contributed by atoms with Gasteiger partial charge >= 0.3 is 12.1 Å². The molecule has 1 unspecified atom stereocenters. The van der Waals surface area contributed by atoms with Crippen molar-refractivity contribution in [3.05, 3.63) is 0 Å². The van der Waals surface area contributed by atoms with E-state index in [0.717, 1.165) is 0 Å². The van der Waals surface area contributed by atoms with E-state index in [0.29, 0.717) is 0 Å². The van der Waals surface area contributed by atoms with Crippen LogP contribution in [0.3, 0.4) is 0 Å². The second-order valence-electron chi connectivity index (χ2n) is 2.26. The number of hydrogen-bond acceptors (Lipinski definition) is 3. The van der Waals surface area contributed by atoms with E-state index in [1.54, 1.807) is 0 Å². The molecule has 0 spiro atoms. The molecule has 1 fully saturated rings. The molecular formula is C5H8N4O3. The van der Waals surface area contributed by atoms with E-state index in [4.69, 9.17) is 5.73 Å². The van der Waals surface area contributed by atoms with E-state index in [-0.39, 0.29) is 6.54 Å². The summed E-state index contributed by atoms with van der Waals surface area (Å²) in [5.74, 6) is -0.558. The average molecular weight is 172 g/mol. The van der Waals surface area contributed by atoms with E-state index in [9.17, 15) is 14.4 Å². The molecule has 5 N–H and O–H groups in total. The second-order valence-corrected chi connectivity index (χ2v) is 2.26. The van der Waals surface area contributed by atoms with Crippen molar-refractivity contribution in [2.75, 3.05) is 6.54 Å². The highest BCUT2D eigenvalue weighted by atomic mass is 16.2. The molecular weight excluding hydrogens is 164 g/mol. The van der Waals surface area contributed by atoms with Gasteiger partial charge in [0.1, 0.15) is 6.04 Å². The number of urea groups is 2. The lowest BCUT2D eigenvalue weighted by Gasteiger charge is -2.21. The number of primary amides is 1. The normalized spacial score (nSPS) is 22.5. The molecule has 1 saturated heterocycles. The number of imide groups is 1. The van der Waals surface area contributed by atoms with Crippen molar-refractivity contribution in [1.82, 2.24) is 16.0 Å². The van der Waals surface area contributed by atoms with E-state index < -0.39 is 24.0 Å². The fourth-order valence-electron chi connectivity index (χ4n) is 0.819. The van der Waals surface area contributed by atoms with Crippen molar-refractivity contribution >= 4 is 18.0 Å². The highest BCUT2D eigenvalue weighted by Gasteiger charge is 2.26. The van der Waals surface area contributed by atoms with Crippen LogP contribution in [0.1, 0.15) is 0 Å². The number of hydrogen-bond donors (Lipinski definition) is 4. The molecule has 12 heavy (non-hydrogen) atoms. The van der Waals surface area contributed by atoms with Gasteiger partial charge in [0.05, 0.1) is 0 Å². The number of nitrogens with two attached hydrogens (primary N) is 1. The lowest BCUT2D eigenvalue weighted by Crippen LogP contribution is -2.61. The van der Waals surface area contributed by atoms with Crippen LogP contribution >= 0.6 is 0 Å². The molecule has 0 aromatic carbocycles. The summed E-state index contributed by atoms with van der Waals surface area (Å²) < 4.78 is 0. The minimum atomic E-state index is -0.800. The molecule has 0 radical (unpaired) electrons. The van der Waals surface area contributed by atoms with Crippen molar-refractivity contribution < 1.29 is 14.4 Å². The molecule has 0 aromatic rings. The van der Waals surface area contributed by atoms with Crippen molar-refractivity contribution in [1.29, 1.82) is 0 Å². The number of rotatable bonds is 1. The minimum Gasteiger partial charge on any atom is -0.352 e. The molecule has 0 aliphatic carbocycles. The zero-order valence-electron chi connectivity index (χ0n) is 6.09. The Morgan fingerprint density at radius 1 is 1.58 bits per heavy atom. The molecule has 1 aliphatic heterocycles. The van der Waals surface area contributed by atoms with Crippen LogP contribution in [-0.4, -0.2) is 30.6 Å². The first-order valence-corrected chi connectivity index (χ1v) is 3.24. The number of nitrogens with one attached hydrogen (secondary N) is 3. The topological polar surface area (TPSA) is 113 Å². The Bertz CT molecular complexity index is 239. The lowest BCUT2D eigenvalue weighted by atomic mass is 10.2. The fraction of sp³-hybridized carbons (Fsp3) is 0.400. The molecule has 1 rings (SSSR count). The third-order valence-electron chi connectivity index (χ3n) is 1.34. The van der Waals surface area contributed by atoms with Crippen LogP contribution in [0.2, 0.25) is 0 Å². The Morgan fingerprint density at radius 2 is 2.25 bits per heavy atom. The van der Waals surface area contributed by atoms with Crippen LogP contribution in [-0.2, 0) is 4.79 Å². The summed E-state index contributed by atoms with van der Waals surface area (Å²) in [5, 5.41) is 6.47. The number of carbonyl (C=O) groups is 3. The molecule has 1 aliphatic rings. The molecule has 7 nitrogen and oxygen atoms in total. The molecule has 0 saturated carbocycles. The minimum absolute atomic E-state index is 0.0631. The highest BCUT2D eigenvalue weighted by Crippen LogP contribution is 1.88. The predicted octanol–water partition coefficient (Wildman–Crippen LogP) is -2.14. The van der Waals surface area contributed by atoms with Crippen LogP contribution < -0.4 is 21.7 Å². The van der Waals surface area contributed by atoms with Crippen molar-refractivity contribution in [2.24, 2.45) is 5.73 Å². The predicted molar refractivity (Wildman–Crippen MR) is 38.0 cm³/mol. The number of carbonyl (C=O) groups excluding carboxylic acids is 3. The largest absolute Gasteiger partial charge is 0.352 e. The Labute approximate surface area is 67.7 Å².